The Morgan fingerprint density at radius 3 is 2.77 bits per heavy atom. The minimum Gasteiger partial charge on any atom is -0.489 e. The van der Waals surface area contributed by atoms with E-state index in [0.29, 0.717) is 17.9 Å². The Bertz CT molecular complexity index is 1150. The van der Waals surface area contributed by atoms with Crippen LogP contribution in [0, 0.1) is 12.8 Å². The van der Waals surface area contributed by atoms with Gasteiger partial charge >= 0.3 is 5.97 Å². The molecule has 160 valence electrons. The van der Waals surface area contributed by atoms with Gasteiger partial charge in [-0.25, -0.2) is 5.48 Å². The van der Waals surface area contributed by atoms with Crippen LogP contribution in [0.4, 0.5) is 0 Å². The summed E-state index contributed by atoms with van der Waals surface area (Å²) in [5.74, 6) is -1.18. The molecular formula is C24H24N2O5. The van der Waals surface area contributed by atoms with Gasteiger partial charge in [-0.2, -0.15) is 0 Å². The van der Waals surface area contributed by atoms with Gasteiger partial charge in [-0.3, -0.25) is 19.8 Å². The van der Waals surface area contributed by atoms with Crippen LogP contribution in [0.15, 0.2) is 54.6 Å². The zero-order valence-electron chi connectivity index (χ0n) is 17.4. The molecule has 7 heteroatoms. The zero-order valence-corrected chi connectivity index (χ0v) is 17.4. The van der Waals surface area contributed by atoms with Crippen LogP contribution in [-0.2, 0) is 26.3 Å². The Labute approximate surface area is 180 Å². The first-order valence-electron chi connectivity index (χ1n) is 10.2. The Morgan fingerprint density at radius 2 is 2.00 bits per heavy atom. The molecule has 2 atom stereocenters. The number of nitrogens with one attached hydrogen (secondary N) is 1. The van der Waals surface area contributed by atoms with Crippen LogP contribution in [-0.4, -0.2) is 28.7 Å². The first-order chi connectivity index (χ1) is 15.0. The second kappa shape index (κ2) is 8.35. The van der Waals surface area contributed by atoms with Crippen LogP contribution >= 0.6 is 0 Å². The lowest BCUT2D eigenvalue weighted by Crippen LogP contribution is -2.32. The number of para-hydroxylation sites is 1. The van der Waals surface area contributed by atoms with E-state index in [4.69, 9.17) is 14.7 Å². The SMILES string of the molecule is CCOC(=O)[C@]1(c2cccc(OCc3cc(C)nc4ccccc34)c2)C[C@H]1C(=O)NO. The normalized spacial score (nSPS) is 19.6. The van der Waals surface area contributed by atoms with Crippen LogP contribution in [0.5, 0.6) is 5.75 Å². The summed E-state index contributed by atoms with van der Waals surface area (Å²) in [5, 5.41) is 10.1. The van der Waals surface area contributed by atoms with Gasteiger partial charge in [0.1, 0.15) is 17.8 Å². The van der Waals surface area contributed by atoms with Gasteiger partial charge in [0.2, 0.25) is 5.91 Å². The van der Waals surface area contributed by atoms with E-state index in [1.807, 2.05) is 43.3 Å². The van der Waals surface area contributed by atoms with E-state index in [9.17, 15) is 9.59 Å². The number of esters is 1. The van der Waals surface area contributed by atoms with Gasteiger partial charge in [0, 0.05) is 16.6 Å². The molecule has 1 amide bonds. The molecule has 2 aromatic carbocycles. The highest BCUT2D eigenvalue weighted by Crippen LogP contribution is 2.55. The topological polar surface area (TPSA) is 97.8 Å². The van der Waals surface area contributed by atoms with E-state index in [-0.39, 0.29) is 13.0 Å². The van der Waals surface area contributed by atoms with Crippen molar-refractivity contribution in [2.45, 2.75) is 32.3 Å². The average Bonchev–Trinajstić information content (AvgIpc) is 3.54. The molecule has 1 aliphatic carbocycles. The van der Waals surface area contributed by atoms with Gasteiger partial charge in [0.15, 0.2) is 0 Å². The molecular weight excluding hydrogens is 396 g/mol. The molecule has 0 bridgehead atoms. The predicted molar refractivity (Wildman–Crippen MR) is 114 cm³/mol. The van der Waals surface area contributed by atoms with E-state index in [1.165, 1.54) is 0 Å². The van der Waals surface area contributed by atoms with Crippen LogP contribution in [0.1, 0.15) is 30.2 Å². The Kier molecular flexibility index (Phi) is 5.61. The predicted octanol–water partition coefficient (Wildman–Crippen LogP) is 3.45. The summed E-state index contributed by atoms with van der Waals surface area (Å²) >= 11 is 0. The standard InChI is InChI=1S/C24H24N2O5/c1-3-30-23(28)24(13-20(24)22(27)26-29)17-7-6-8-18(12-17)31-14-16-11-15(2)25-21-10-5-4-9-19(16)21/h4-12,20,29H,3,13-14H2,1-2H3,(H,26,27)/t20-,24-/m0/s1. The lowest BCUT2D eigenvalue weighted by atomic mass is 9.92. The van der Waals surface area contributed by atoms with Gasteiger partial charge < -0.3 is 9.47 Å². The third-order valence-corrected chi connectivity index (χ3v) is 5.70. The Morgan fingerprint density at radius 1 is 1.19 bits per heavy atom. The average molecular weight is 420 g/mol. The summed E-state index contributed by atoms with van der Waals surface area (Å²) in [4.78, 5) is 29.3. The van der Waals surface area contributed by atoms with Gasteiger partial charge in [-0.05, 0) is 50.1 Å². The summed E-state index contributed by atoms with van der Waals surface area (Å²) < 4.78 is 11.3. The second-order valence-corrected chi connectivity index (χ2v) is 7.68. The van der Waals surface area contributed by atoms with Crippen molar-refractivity contribution in [3.05, 3.63) is 71.4 Å². The number of hydrogen-bond acceptors (Lipinski definition) is 6. The fraction of sp³-hybridized carbons (Fsp3) is 0.292. The molecule has 0 spiro atoms. The quantitative estimate of drug-likeness (QED) is 0.345. The molecule has 0 radical (unpaired) electrons. The third-order valence-electron chi connectivity index (χ3n) is 5.70. The molecule has 1 saturated carbocycles. The maximum absolute atomic E-state index is 12.7. The number of carbonyl (C=O) groups is 2. The minimum absolute atomic E-state index is 0.207. The maximum atomic E-state index is 12.7. The maximum Gasteiger partial charge on any atom is 0.317 e. The molecule has 3 aromatic rings. The van der Waals surface area contributed by atoms with Crippen molar-refractivity contribution in [2.75, 3.05) is 6.61 Å². The van der Waals surface area contributed by atoms with Crippen LogP contribution in [0.2, 0.25) is 0 Å². The molecule has 1 fully saturated rings. The van der Waals surface area contributed by atoms with Gasteiger partial charge in [0.05, 0.1) is 18.0 Å². The van der Waals surface area contributed by atoms with Crippen molar-refractivity contribution in [1.29, 1.82) is 0 Å². The Hall–Kier alpha value is -3.45. The van der Waals surface area contributed by atoms with Crippen LogP contribution in [0.25, 0.3) is 10.9 Å². The minimum atomic E-state index is -1.11. The number of amides is 1. The first kappa shape index (κ1) is 20.8. The molecule has 0 saturated heterocycles. The number of aromatic nitrogens is 1. The molecule has 2 N–H and O–H groups in total. The van der Waals surface area contributed by atoms with Gasteiger partial charge in [-0.1, -0.05) is 30.3 Å². The number of hydroxylamine groups is 1. The third kappa shape index (κ3) is 3.84. The Balaban J connectivity index is 1.60. The molecule has 1 heterocycles. The zero-order chi connectivity index (χ0) is 22.0. The molecule has 31 heavy (non-hydrogen) atoms. The number of hydrogen-bond donors (Lipinski definition) is 2. The van der Waals surface area contributed by atoms with Crippen molar-refractivity contribution >= 4 is 22.8 Å². The van der Waals surface area contributed by atoms with Gasteiger partial charge in [-0.15, -0.1) is 0 Å². The van der Waals surface area contributed by atoms with Gasteiger partial charge in [0.25, 0.3) is 0 Å². The lowest BCUT2D eigenvalue weighted by molar-refractivity contribution is -0.148. The van der Waals surface area contributed by atoms with E-state index in [0.717, 1.165) is 22.2 Å². The van der Waals surface area contributed by atoms with Crippen molar-refractivity contribution in [1.82, 2.24) is 10.5 Å². The van der Waals surface area contributed by atoms with Crippen LogP contribution in [0.3, 0.4) is 0 Å². The highest BCUT2D eigenvalue weighted by Gasteiger charge is 2.66. The smallest absolute Gasteiger partial charge is 0.317 e. The summed E-state index contributed by atoms with van der Waals surface area (Å²) in [5.41, 5.74) is 4.00. The number of benzene rings is 2. The largest absolute Gasteiger partial charge is 0.489 e. The first-order valence-corrected chi connectivity index (χ1v) is 10.2. The highest BCUT2D eigenvalue weighted by molar-refractivity contribution is 5.98. The van der Waals surface area contributed by atoms with Crippen molar-refractivity contribution in [2.24, 2.45) is 5.92 Å². The number of pyridine rings is 1. The molecule has 4 rings (SSSR count). The molecule has 0 aliphatic heterocycles. The highest BCUT2D eigenvalue weighted by atomic mass is 16.5. The summed E-state index contributed by atoms with van der Waals surface area (Å²) in [7, 11) is 0. The summed E-state index contributed by atoms with van der Waals surface area (Å²) in [6, 6.07) is 17.0. The number of carbonyl (C=O) groups excluding carboxylic acids is 2. The molecule has 7 nitrogen and oxygen atoms in total. The number of aryl methyl sites for hydroxylation is 1. The van der Waals surface area contributed by atoms with E-state index in [2.05, 4.69) is 4.98 Å². The fourth-order valence-corrected chi connectivity index (χ4v) is 4.12. The van der Waals surface area contributed by atoms with E-state index >= 15 is 0 Å². The van der Waals surface area contributed by atoms with Crippen molar-refractivity contribution < 1.29 is 24.3 Å². The number of ether oxygens (including phenoxy) is 2. The van der Waals surface area contributed by atoms with E-state index < -0.39 is 23.2 Å². The summed E-state index contributed by atoms with van der Waals surface area (Å²) in [6.45, 7) is 4.20. The monoisotopic (exact) mass is 420 g/mol. The number of rotatable bonds is 7. The number of nitrogens with zero attached hydrogens (tertiary/aromatic N) is 1. The molecule has 1 aliphatic rings. The van der Waals surface area contributed by atoms with Crippen molar-refractivity contribution in [3.8, 4) is 5.75 Å². The lowest BCUT2D eigenvalue weighted by Gasteiger charge is -2.17. The molecule has 1 aromatic heterocycles. The van der Waals surface area contributed by atoms with Crippen LogP contribution < -0.4 is 10.2 Å². The second-order valence-electron chi connectivity index (χ2n) is 7.68. The fourth-order valence-electron chi connectivity index (χ4n) is 4.12. The number of fused-ring (bicyclic) bond motifs is 1. The summed E-state index contributed by atoms with van der Waals surface area (Å²) in [6.07, 6.45) is 0.274. The van der Waals surface area contributed by atoms with E-state index in [1.54, 1.807) is 30.6 Å². The molecule has 0 unspecified atom stereocenters. The van der Waals surface area contributed by atoms with Crippen molar-refractivity contribution in [3.63, 3.8) is 0 Å².